The molecule has 1 heterocycles. The van der Waals surface area contributed by atoms with Gasteiger partial charge < -0.3 is 9.47 Å². The summed E-state index contributed by atoms with van der Waals surface area (Å²) >= 11 is 0. The van der Waals surface area contributed by atoms with Gasteiger partial charge in [0.05, 0.1) is 6.61 Å². The van der Waals surface area contributed by atoms with E-state index in [1.807, 2.05) is 0 Å². The standard InChI is InChI=1S/C20H34O2Si/c1-23(2,3)17-9-5-4-6-10-18-12-14-19(15-13-18)22-20-11-7-8-16-21-20/h12-15,20H,4-11,16-17H2,1-3H3. The summed E-state index contributed by atoms with van der Waals surface area (Å²) in [7, 11) is -0.831. The number of unbranched alkanes of at least 4 members (excludes halogenated alkanes) is 3. The van der Waals surface area contributed by atoms with Gasteiger partial charge in [0.15, 0.2) is 6.29 Å². The van der Waals surface area contributed by atoms with Crippen LogP contribution >= 0.6 is 0 Å². The lowest BCUT2D eigenvalue weighted by Gasteiger charge is -2.23. The van der Waals surface area contributed by atoms with E-state index < -0.39 is 8.07 Å². The minimum Gasteiger partial charge on any atom is -0.465 e. The predicted octanol–water partition coefficient (Wildman–Crippen LogP) is 6.03. The van der Waals surface area contributed by atoms with E-state index in [0.717, 1.165) is 25.2 Å². The van der Waals surface area contributed by atoms with Gasteiger partial charge >= 0.3 is 0 Å². The van der Waals surface area contributed by atoms with Crippen LogP contribution < -0.4 is 4.74 Å². The van der Waals surface area contributed by atoms with Gasteiger partial charge in [-0.3, -0.25) is 0 Å². The lowest BCUT2D eigenvalue weighted by molar-refractivity contribution is -0.105. The van der Waals surface area contributed by atoms with Crippen LogP contribution in [-0.2, 0) is 11.2 Å². The second kappa shape index (κ2) is 9.48. The Kier molecular flexibility index (Phi) is 7.64. The molecule has 1 saturated heterocycles. The first kappa shape index (κ1) is 18.5. The lowest BCUT2D eigenvalue weighted by Crippen LogP contribution is -2.24. The van der Waals surface area contributed by atoms with Crippen molar-refractivity contribution in [2.75, 3.05) is 6.61 Å². The minimum atomic E-state index is -0.831. The second-order valence-electron chi connectivity index (χ2n) is 8.03. The molecular weight excluding hydrogens is 300 g/mol. The van der Waals surface area contributed by atoms with Crippen molar-refractivity contribution >= 4 is 8.07 Å². The Hall–Kier alpha value is -0.803. The van der Waals surface area contributed by atoms with Crippen molar-refractivity contribution in [3.05, 3.63) is 29.8 Å². The first-order valence-corrected chi connectivity index (χ1v) is 13.1. The van der Waals surface area contributed by atoms with Crippen LogP contribution in [0.15, 0.2) is 24.3 Å². The predicted molar refractivity (Wildman–Crippen MR) is 101 cm³/mol. The zero-order chi connectivity index (χ0) is 16.5. The van der Waals surface area contributed by atoms with Crippen LogP contribution in [0, 0.1) is 0 Å². The topological polar surface area (TPSA) is 18.5 Å². The van der Waals surface area contributed by atoms with Crippen LogP contribution in [0.25, 0.3) is 0 Å². The molecule has 1 atom stereocenters. The van der Waals surface area contributed by atoms with E-state index in [2.05, 4.69) is 43.9 Å². The Morgan fingerprint density at radius 2 is 1.74 bits per heavy atom. The summed E-state index contributed by atoms with van der Waals surface area (Å²) in [4.78, 5) is 0. The summed E-state index contributed by atoms with van der Waals surface area (Å²) in [5, 5.41) is 0. The maximum atomic E-state index is 5.88. The Labute approximate surface area is 143 Å². The monoisotopic (exact) mass is 334 g/mol. The van der Waals surface area contributed by atoms with Crippen LogP contribution in [0.3, 0.4) is 0 Å². The van der Waals surface area contributed by atoms with Gasteiger partial charge in [0.25, 0.3) is 0 Å². The van der Waals surface area contributed by atoms with Crippen LogP contribution in [-0.4, -0.2) is 21.0 Å². The molecule has 0 saturated carbocycles. The fraction of sp³-hybridized carbons (Fsp3) is 0.700. The van der Waals surface area contributed by atoms with Gasteiger partial charge in [0, 0.05) is 14.5 Å². The van der Waals surface area contributed by atoms with Gasteiger partial charge in [0.1, 0.15) is 5.75 Å². The van der Waals surface area contributed by atoms with Crippen molar-refractivity contribution in [1.82, 2.24) is 0 Å². The van der Waals surface area contributed by atoms with E-state index >= 15 is 0 Å². The highest BCUT2D eigenvalue weighted by atomic mass is 28.3. The summed E-state index contributed by atoms with van der Waals surface area (Å²) < 4.78 is 11.5. The molecule has 1 aliphatic rings. The molecule has 0 N–H and O–H groups in total. The fourth-order valence-corrected chi connectivity index (χ4v) is 4.34. The van der Waals surface area contributed by atoms with Crippen molar-refractivity contribution in [2.45, 2.75) is 83.3 Å². The Morgan fingerprint density at radius 1 is 1.00 bits per heavy atom. The van der Waals surface area contributed by atoms with Gasteiger partial charge in [-0.25, -0.2) is 0 Å². The quantitative estimate of drug-likeness (QED) is 0.405. The Morgan fingerprint density at radius 3 is 2.39 bits per heavy atom. The molecule has 2 rings (SSSR count). The molecule has 0 bridgehead atoms. The average molecular weight is 335 g/mol. The van der Waals surface area contributed by atoms with E-state index in [9.17, 15) is 0 Å². The van der Waals surface area contributed by atoms with Crippen LogP contribution in [0.1, 0.15) is 50.5 Å². The normalized spacial score (nSPS) is 18.8. The second-order valence-corrected chi connectivity index (χ2v) is 13.7. The largest absolute Gasteiger partial charge is 0.465 e. The highest BCUT2D eigenvalue weighted by Crippen LogP contribution is 2.21. The first-order valence-electron chi connectivity index (χ1n) is 9.40. The van der Waals surface area contributed by atoms with Crippen LogP contribution in [0.2, 0.25) is 25.7 Å². The highest BCUT2D eigenvalue weighted by molar-refractivity contribution is 6.76. The molecule has 1 aliphatic heterocycles. The molecule has 0 amide bonds. The summed E-state index contributed by atoms with van der Waals surface area (Å²) in [6, 6.07) is 10.1. The van der Waals surface area contributed by atoms with Crippen molar-refractivity contribution < 1.29 is 9.47 Å². The maximum Gasteiger partial charge on any atom is 0.199 e. The van der Waals surface area contributed by atoms with E-state index in [0.29, 0.717) is 0 Å². The molecule has 130 valence electrons. The smallest absolute Gasteiger partial charge is 0.199 e. The Balaban J connectivity index is 1.61. The van der Waals surface area contributed by atoms with Gasteiger partial charge in [-0.2, -0.15) is 0 Å². The van der Waals surface area contributed by atoms with Crippen LogP contribution in [0.4, 0.5) is 0 Å². The SMILES string of the molecule is C[Si](C)(C)CCCCCCc1ccc(OC2CCCCO2)cc1. The fourth-order valence-electron chi connectivity index (χ4n) is 3.03. The minimum absolute atomic E-state index is 0.0408. The zero-order valence-corrected chi connectivity index (χ0v) is 16.3. The molecule has 3 heteroatoms. The van der Waals surface area contributed by atoms with Crippen LogP contribution in [0.5, 0.6) is 5.75 Å². The molecule has 1 unspecified atom stereocenters. The van der Waals surface area contributed by atoms with Gasteiger partial charge in [-0.05, 0) is 43.4 Å². The van der Waals surface area contributed by atoms with E-state index in [1.54, 1.807) is 0 Å². The van der Waals surface area contributed by atoms with E-state index in [1.165, 1.54) is 50.1 Å². The molecule has 1 fully saturated rings. The molecule has 1 aromatic rings. The molecule has 0 aromatic heterocycles. The van der Waals surface area contributed by atoms with Gasteiger partial charge in [0.2, 0.25) is 0 Å². The summed E-state index contributed by atoms with van der Waals surface area (Å²) in [6.45, 7) is 8.24. The average Bonchev–Trinajstić information content (AvgIpc) is 2.52. The number of aryl methyl sites for hydroxylation is 1. The third kappa shape index (κ3) is 8.03. The molecule has 0 radical (unpaired) electrons. The molecule has 1 aromatic carbocycles. The molecule has 2 nitrogen and oxygen atoms in total. The number of rotatable bonds is 9. The summed E-state index contributed by atoms with van der Waals surface area (Å²) in [6.07, 6.45) is 10.0. The lowest BCUT2D eigenvalue weighted by atomic mass is 10.1. The van der Waals surface area contributed by atoms with Crippen molar-refractivity contribution in [1.29, 1.82) is 0 Å². The zero-order valence-electron chi connectivity index (χ0n) is 15.3. The summed E-state index contributed by atoms with van der Waals surface area (Å²) in [5.74, 6) is 0.941. The van der Waals surface area contributed by atoms with Crippen molar-refractivity contribution in [2.24, 2.45) is 0 Å². The van der Waals surface area contributed by atoms with Gasteiger partial charge in [-0.1, -0.05) is 57.1 Å². The Bertz CT molecular complexity index is 430. The van der Waals surface area contributed by atoms with E-state index in [-0.39, 0.29) is 6.29 Å². The third-order valence-electron chi connectivity index (χ3n) is 4.47. The van der Waals surface area contributed by atoms with E-state index in [4.69, 9.17) is 9.47 Å². The summed E-state index contributed by atoms with van der Waals surface area (Å²) in [5.41, 5.74) is 1.42. The van der Waals surface area contributed by atoms with Crippen molar-refractivity contribution in [3.8, 4) is 5.75 Å². The molecule has 23 heavy (non-hydrogen) atoms. The third-order valence-corrected chi connectivity index (χ3v) is 6.32. The maximum absolute atomic E-state index is 5.88. The van der Waals surface area contributed by atoms with Gasteiger partial charge in [-0.15, -0.1) is 0 Å². The first-order chi connectivity index (χ1) is 11.0. The molecule has 0 spiro atoms. The number of hydrogen-bond donors (Lipinski definition) is 0. The number of hydrogen-bond acceptors (Lipinski definition) is 2. The number of ether oxygens (including phenoxy) is 2. The number of benzene rings is 1. The highest BCUT2D eigenvalue weighted by Gasteiger charge is 2.15. The molecule has 0 aliphatic carbocycles. The molecular formula is C20H34O2Si. The van der Waals surface area contributed by atoms with Crippen molar-refractivity contribution in [3.63, 3.8) is 0 Å².